The van der Waals surface area contributed by atoms with E-state index in [1.807, 2.05) is 19.1 Å². The van der Waals surface area contributed by atoms with Gasteiger partial charge in [-0.25, -0.2) is 4.79 Å². The Morgan fingerprint density at radius 1 is 1.06 bits per heavy atom. The van der Waals surface area contributed by atoms with Gasteiger partial charge in [0.25, 0.3) is 0 Å². The van der Waals surface area contributed by atoms with Gasteiger partial charge in [0, 0.05) is 12.1 Å². The summed E-state index contributed by atoms with van der Waals surface area (Å²) in [6, 6.07) is 13.6. The van der Waals surface area contributed by atoms with Crippen molar-refractivity contribution < 1.29 is 19.7 Å². The minimum Gasteiger partial charge on any atom is -0.508 e. The molecule has 2 atom stereocenters. The van der Waals surface area contributed by atoms with Crippen molar-refractivity contribution in [2.24, 2.45) is 0 Å². The third-order valence-electron chi connectivity index (χ3n) is 5.72. The Balaban J connectivity index is 0.00000363. The second-order valence-corrected chi connectivity index (χ2v) is 8.30. The molecule has 2 aromatic rings. The van der Waals surface area contributed by atoms with Crippen LogP contribution >= 0.6 is 12.4 Å². The highest BCUT2D eigenvalue weighted by molar-refractivity contribution is 5.97. The molecule has 0 bridgehead atoms. The molecule has 0 saturated carbocycles. The van der Waals surface area contributed by atoms with E-state index < -0.39 is 5.97 Å². The summed E-state index contributed by atoms with van der Waals surface area (Å²) in [6.07, 6.45) is 10.3. The molecular formula is C26H34ClNO4. The van der Waals surface area contributed by atoms with Gasteiger partial charge in [0.2, 0.25) is 0 Å². The summed E-state index contributed by atoms with van der Waals surface area (Å²) < 4.78 is 5.58. The highest BCUT2D eigenvalue weighted by atomic mass is 35.5. The summed E-state index contributed by atoms with van der Waals surface area (Å²) in [5.74, 6) is -0.892. The number of carbonyl (C=O) groups excluding carboxylic acids is 1. The fourth-order valence-corrected chi connectivity index (χ4v) is 4.05. The Kier molecular flexibility index (Phi) is 10.6. The first-order valence-corrected chi connectivity index (χ1v) is 11.2. The van der Waals surface area contributed by atoms with Gasteiger partial charge >= 0.3 is 5.97 Å². The number of halogens is 1. The van der Waals surface area contributed by atoms with E-state index in [-0.39, 0.29) is 35.6 Å². The predicted molar refractivity (Wildman–Crippen MR) is 131 cm³/mol. The topological polar surface area (TPSA) is 78.8 Å². The predicted octanol–water partition coefficient (Wildman–Crippen LogP) is 5.63. The molecule has 5 nitrogen and oxygen atoms in total. The average molecular weight is 460 g/mol. The van der Waals surface area contributed by atoms with Gasteiger partial charge in [-0.1, -0.05) is 42.5 Å². The summed E-state index contributed by atoms with van der Waals surface area (Å²) in [5.41, 5.74) is 1.92. The van der Waals surface area contributed by atoms with Crippen LogP contribution in [0.15, 0.2) is 48.5 Å². The Morgan fingerprint density at radius 2 is 1.81 bits per heavy atom. The minimum atomic E-state index is -0.556. The lowest BCUT2D eigenvalue weighted by atomic mass is 10.00. The molecule has 1 aliphatic heterocycles. The van der Waals surface area contributed by atoms with Crippen LogP contribution in [-0.4, -0.2) is 34.9 Å². The Bertz CT molecular complexity index is 885. The Labute approximate surface area is 196 Å². The van der Waals surface area contributed by atoms with Crippen molar-refractivity contribution >= 4 is 24.5 Å². The molecule has 0 amide bonds. The van der Waals surface area contributed by atoms with Crippen molar-refractivity contribution in [3.05, 3.63) is 65.2 Å². The van der Waals surface area contributed by atoms with Crippen LogP contribution in [0.1, 0.15) is 66.9 Å². The van der Waals surface area contributed by atoms with Crippen molar-refractivity contribution in [3.8, 4) is 11.5 Å². The Hall–Kier alpha value is -2.50. The van der Waals surface area contributed by atoms with Gasteiger partial charge in [-0.05, 0) is 75.6 Å². The third-order valence-corrected chi connectivity index (χ3v) is 5.72. The largest absolute Gasteiger partial charge is 0.508 e. The van der Waals surface area contributed by atoms with Crippen molar-refractivity contribution in [2.75, 3.05) is 6.54 Å². The smallest absolute Gasteiger partial charge is 0.342 e. The molecule has 1 aliphatic rings. The van der Waals surface area contributed by atoms with Gasteiger partial charge in [0.15, 0.2) is 0 Å². The molecule has 0 aliphatic carbocycles. The quantitative estimate of drug-likeness (QED) is 0.516. The molecule has 2 aromatic carbocycles. The van der Waals surface area contributed by atoms with Crippen LogP contribution in [0.4, 0.5) is 0 Å². The number of carbonyl (C=O) groups is 1. The Morgan fingerprint density at radius 3 is 2.59 bits per heavy atom. The molecule has 0 saturated heterocycles. The highest BCUT2D eigenvalue weighted by Crippen LogP contribution is 2.30. The van der Waals surface area contributed by atoms with Gasteiger partial charge < -0.3 is 20.3 Å². The van der Waals surface area contributed by atoms with Crippen LogP contribution in [0, 0.1) is 0 Å². The maximum atomic E-state index is 12.6. The molecular weight excluding hydrogens is 426 g/mol. The van der Waals surface area contributed by atoms with Crippen LogP contribution in [0.3, 0.4) is 0 Å². The lowest BCUT2D eigenvalue weighted by Gasteiger charge is -2.21. The first-order valence-electron chi connectivity index (χ1n) is 11.2. The molecule has 3 N–H and O–H groups in total. The number of hydrogen-bond acceptors (Lipinski definition) is 5. The maximum absolute atomic E-state index is 12.6. The molecule has 2 unspecified atom stereocenters. The number of cyclic esters (lactones) is 1. The van der Waals surface area contributed by atoms with E-state index >= 15 is 0 Å². The van der Waals surface area contributed by atoms with E-state index in [1.54, 1.807) is 6.08 Å². The molecule has 0 spiro atoms. The number of nitrogens with one attached hydrogen (secondary N) is 1. The van der Waals surface area contributed by atoms with Crippen LogP contribution < -0.4 is 5.32 Å². The summed E-state index contributed by atoms with van der Waals surface area (Å²) in [7, 11) is 0. The molecule has 0 radical (unpaired) electrons. The number of phenolic OH excluding ortho intramolecular Hbond substituents is 2. The van der Waals surface area contributed by atoms with Crippen LogP contribution in [0.5, 0.6) is 11.5 Å². The minimum absolute atomic E-state index is 0. The number of fused-ring (bicyclic) bond motifs is 1. The molecule has 1 heterocycles. The van der Waals surface area contributed by atoms with Gasteiger partial charge in [-0.2, -0.15) is 0 Å². The lowest BCUT2D eigenvalue weighted by Crippen LogP contribution is -2.31. The molecule has 0 fully saturated rings. The van der Waals surface area contributed by atoms with Crippen molar-refractivity contribution in [3.63, 3.8) is 0 Å². The third kappa shape index (κ3) is 7.88. The van der Waals surface area contributed by atoms with Gasteiger partial charge in [0.05, 0.1) is 6.10 Å². The van der Waals surface area contributed by atoms with Gasteiger partial charge in [-0.15, -0.1) is 12.4 Å². The van der Waals surface area contributed by atoms with Crippen LogP contribution in [-0.2, 0) is 11.2 Å². The number of phenols is 2. The molecule has 32 heavy (non-hydrogen) atoms. The number of ether oxygens (including phenoxy) is 1. The van der Waals surface area contributed by atoms with Gasteiger partial charge in [0.1, 0.15) is 17.1 Å². The number of benzene rings is 2. The van der Waals surface area contributed by atoms with Crippen LogP contribution in [0.2, 0.25) is 0 Å². The molecule has 0 aromatic heterocycles. The summed E-state index contributed by atoms with van der Waals surface area (Å²) in [6.45, 7) is 2.83. The maximum Gasteiger partial charge on any atom is 0.342 e. The summed E-state index contributed by atoms with van der Waals surface area (Å²) >= 11 is 0. The fourth-order valence-electron chi connectivity index (χ4n) is 4.05. The van der Waals surface area contributed by atoms with Crippen molar-refractivity contribution in [2.45, 2.75) is 64.0 Å². The van der Waals surface area contributed by atoms with E-state index in [9.17, 15) is 15.0 Å². The molecule has 6 heteroatoms. The number of hydrogen-bond donors (Lipinski definition) is 3. The second kappa shape index (κ2) is 13.1. The lowest BCUT2D eigenvalue weighted by molar-refractivity contribution is 0.0315. The first kappa shape index (κ1) is 25.8. The first-order chi connectivity index (χ1) is 15.0. The molecule has 174 valence electrons. The van der Waals surface area contributed by atoms with Crippen molar-refractivity contribution in [1.29, 1.82) is 0 Å². The molecule has 3 rings (SSSR count). The monoisotopic (exact) mass is 459 g/mol. The standard InChI is InChI=1S/C26H33NO4.ClH/c1-19-9-8-14-22(27-16-15-20-10-4-2-5-11-20)13-7-3-6-12-21-17-23(28)18-24(29)25(21)26(30)31-19;/h2,4-6,10-12,17-19,22,27-29H,3,7-9,13-16H2,1H3;1H. The van der Waals surface area contributed by atoms with E-state index in [0.717, 1.165) is 51.5 Å². The van der Waals surface area contributed by atoms with E-state index in [1.165, 1.54) is 17.7 Å². The second-order valence-electron chi connectivity index (χ2n) is 8.30. The van der Waals surface area contributed by atoms with Crippen LogP contribution in [0.25, 0.3) is 6.08 Å². The van der Waals surface area contributed by atoms with Crippen molar-refractivity contribution in [1.82, 2.24) is 5.32 Å². The zero-order valence-corrected chi connectivity index (χ0v) is 19.4. The number of rotatable bonds is 4. The average Bonchev–Trinajstić information content (AvgIpc) is 2.72. The zero-order chi connectivity index (χ0) is 22.1. The van der Waals surface area contributed by atoms with Gasteiger partial charge in [-0.3, -0.25) is 0 Å². The van der Waals surface area contributed by atoms with E-state index in [0.29, 0.717) is 11.6 Å². The van der Waals surface area contributed by atoms with E-state index in [2.05, 4.69) is 29.6 Å². The zero-order valence-electron chi connectivity index (χ0n) is 18.6. The number of esters is 1. The number of aromatic hydroxyl groups is 2. The normalized spacial score (nSPS) is 19.8. The summed E-state index contributed by atoms with van der Waals surface area (Å²) in [4.78, 5) is 12.6. The fraction of sp³-hybridized carbons (Fsp3) is 0.423. The number of allylic oxidation sites excluding steroid dienone is 1. The highest BCUT2D eigenvalue weighted by Gasteiger charge is 2.21. The SMILES string of the molecule is CC1CCCC(NCCc2ccccc2)CCCC=Cc2cc(O)cc(O)c2C(=O)O1.Cl. The summed E-state index contributed by atoms with van der Waals surface area (Å²) in [5, 5.41) is 23.7. The van der Waals surface area contributed by atoms with E-state index in [4.69, 9.17) is 4.74 Å².